The Balaban J connectivity index is 1.91. The Kier molecular flexibility index (Phi) is 5.16. The number of morpholine rings is 1. The van der Waals surface area contributed by atoms with Crippen LogP contribution in [0.1, 0.15) is 13.8 Å². The van der Waals surface area contributed by atoms with Crippen LogP contribution < -0.4 is 10.2 Å². The van der Waals surface area contributed by atoms with Crippen LogP contribution in [0.15, 0.2) is 24.3 Å². The first-order valence-electron chi connectivity index (χ1n) is 7.14. The maximum Gasteiger partial charge on any atom is 0.509 e. The van der Waals surface area contributed by atoms with Crippen LogP contribution in [-0.2, 0) is 4.74 Å². The zero-order chi connectivity index (χ0) is 15.5. The molecule has 0 aliphatic carbocycles. The fraction of sp³-hybridized carbons (Fsp3) is 0.571. The van der Waals surface area contributed by atoms with Crippen LogP contribution in [0.25, 0.3) is 0 Å². The first kappa shape index (κ1) is 16.2. The average molecular weight is 302 g/mol. The lowest BCUT2D eigenvalue weighted by Crippen LogP contribution is -2.47. The van der Waals surface area contributed by atoms with Crippen molar-refractivity contribution in [1.29, 1.82) is 0 Å². The first-order chi connectivity index (χ1) is 9.86. The Morgan fingerprint density at radius 2 is 2.14 bits per heavy atom. The molecule has 0 radical (unpaired) electrons. The highest BCUT2D eigenvalue weighted by molar-refractivity contribution is 6.73. The molecule has 2 rings (SSSR count). The van der Waals surface area contributed by atoms with E-state index in [2.05, 4.69) is 18.7 Å². The van der Waals surface area contributed by atoms with Crippen LogP contribution in [0.2, 0.25) is 0 Å². The quantitative estimate of drug-likeness (QED) is 0.779. The minimum atomic E-state index is -4.99. The molecule has 21 heavy (non-hydrogen) atoms. The minimum Gasteiger partial charge on any atom is -0.491 e. The van der Waals surface area contributed by atoms with Crippen molar-refractivity contribution in [3.05, 3.63) is 24.3 Å². The molecule has 1 aromatic rings. The van der Waals surface area contributed by atoms with Crippen molar-refractivity contribution >= 4 is 12.4 Å². The van der Waals surface area contributed by atoms with E-state index in [0.717, 1.165) is 25.2 Å². The van der Waals surface area contributed by atoms with E-state index in [-0.39, 0.29) is 18.5 Å². The molecule has 1 aliphatic rings. The molecule has 1 atom stereocenters. The van der Waals surface area contributed by atoms with Crippen LogP contribution in [0.4, 0.5) is 12.9 Å². The molecule has 0 bridgehead atoms. The summed E-state index contributed by atoms with van der Waals surface area (Å²) in [5.41, 5.74) is -0.638. The standard InChI is InChI=1S/C14H20BF3NO2/c1-11(2)19-6-7-20-14(9-19)10-21-13-5-3-4-12(8-13)15(16,17)18/h3-5,8,11,14H,6-7,9-10H2,1-2H3/q-1. The summed E-state index contributed by atoms with van der Waals surface area (Å²) in [6.45, 7) is 1.72. The molecular formula is C14H20BF3NO2-. The zero-order valence-corrected chi connectivity index (χ0v) is 12.3. The molecule has 1 fully saturated rings. The molecule has 1 saturated heterocycles. The fourth-order valence-corrected chi connectivity index (χ4v) is 2.31. The summed E-state index contributed by atoms with van der Waals surface area (Å²) in [5.74, 6) is 0.233. The molecule has 0 saturated carbocycles. The molecular weight excluding hydrogens is 282 g/mol. The van der Waals surface area contributed by atoms with Crippen molar-refractivity contribution in [3.63, 3.8) is 0 Å². The minimum absolute atomic E-state index is 0.110. The zero-order valence-electron chi connectivity index (χ0n) is 12.3. The summed E-state index contributed by atoms with van der Waals surface area (Å²) in [7, 11) is 0. The van der Waals surface area contributed by atoms with Crippen LogP contribution in [0.5, 0.6) is 5.75 Å². The van der Waals surface area contributed by atoms with Gasteiger partial charge in [0.15, 0.2) is 0 Å². The van der Waals surface area contributed by atoms with Crippen molar-refractivity contribution in [1.82, 2.24) is 4.90 Å². The van der Waals surface area contributed by atoms with Gasteiger partial charge in [-0.1, -0.05) is 12.1 Å². The van der Waals surface area contributed by atoms with Crippen LogP contribution in [-0.4, -0.2) is 50.3 Å². The van der Waals surface area contributed by atoms with E-state index in [4.69, 9.17) is 9.47 Å². The van der Waals surface area contributed by atoms with E-state index in [1.165, 1.54) is 12.1 Å². The number of hydrogen-bond donors (Lipinski definition) is 0. The van der Waals surface area contributed by atoms with Gasteiger partial charge >= 0.3 is 6.98 Å². The third-order valence-corrected chi connectivity index (χ3v) is 3.57. The van der Waals surface area contributed by atoms with Crippen LogP contribution in [0.3, 0.4) is 0 Å². The lowest BCUT2D eigenvalue weighted by Gasteiger charge is -2.35. The molecule has 0 aromatic heterocycles. The molecule has 3 nitrogen and oxygen atoms in total. The number of nitrogens with zero attached hydrogens (tertiary/aromatic N) is 1. The topological polar surface area (TPSA) is 21.7 Å². The Morgan fingerprint density at radius 1 is 1.38 bits per heavy atom. The third-order valence-electron chi connectivity index (χ3n) is 3.57. The van der Waals surface area contributed by atoms with Gasteiger partial charge in [0.2, 0.25) is 0 Å². The van der Waals surface area contributed by atoms with Gasteiger partial charge in [-0.3, -0.25) is 4.90 Å². The lowest BCUT2D eigenvalue weighted by atomic mass is 9.80. The van der Waals surface area contributed by atoms with Gasteiger partial charge in [-0.05, 0) is 26.0 Å². The number of halogens is 3. The second-order valence-electron chi connectivity index (χ2n) is 5.54. The predicted octanol–water partition coefficient (Wildman–Crippen LogP) is 2.23. The molecule has 0 spiro atoms. The highest BCUT2D eigenvalue weighted by Gasteiger charge is 2.26. The Hall–Kier alpha value is -1.21. The van der Waals surface area contributed by atoms with Crippen molar-refractivity contribution < 1.29 is 22.4 Å². The molecule has 1 aliphatic heterocycles. The lowest BCUT2D eigenvalue weighted by molar-refractivity contribution is -0.0564. The van der Waals surface area contributed by atoms with E-state index in [9.17, 15) is 12.9 Å². The fourth-order valence-electron chi connectivity index (χ4n) is 2.31. The van der Waals surface area contributed by atoms with Gasteiger partial charge in [-0.2, -0.15) is 0 Å². The summed E-state index contributed by atoms with van der Waals surface area (Å²) < 4.78 is 49.1. The predicted molar refractivity (Wildman–Crippen MR) is 77.1 cm³/mol. The number of hydrogen-bond acceptors (Lipinski definition) is 3. The van der Waals surface area contributed by atoms with E-state index in [0.29, 0.717) is 12.6 Å². The number of ether oxygens (including phenoxy) is 2. The van der Waals surface area contributed by atoms with Gasteiger partial charge in [0, 0.05) is 19.1 Å². The van der Waals surface area contributed by atoms with Gasteiger partial charge in [-0.25, -0.2) is 0 Å². The largest absolute Gasteiger partial charge is 0.509 e. The number of benzene rings is 1. The van der Waals surface area contributed by atoms with Gasteiger partial charge in [0.05, 0.1) is 6.61 Å². The van der Waals surface area contributed by atoms with Gasteiger partial charge < -0.3 is 22.4 Å². The molecule has 0 amide bonds. The van der Waals surface area contributed by atoms with Crippen LogP contribution in [0, 0.1) is 0 Å². The summed E-state index contributed by atoms with van der Waals surface area (Å²) in [6.07, 6.45) is -0.110. The molecule has 1 unspecified atom stereocenters. The number of rotatable bonds is 5. The van der Waals surface area contributed by atoms with Gasteiger partial charge in [0.25, 0.3) is 0 Å². The molecule has 118 valence electrons. The maximum absolute atomic E-state index is 12.7. The van der Waals surface area contributed by atoms with E-state index < -0.39 is 12.4 Å². The van der Waals surface area contributed by atoms with E-state index in [1.807, 2.05) is 0 Å². The van der Waals surface area contributed by atoms with Gasteiger partial charge in [0.1, 0.15) is 18.5 Å². The summed E-state index contributed by atoms with van der Waals surface area (Å²) >= 11 is 0. The second kappa shape index (κ2) is 6.70. The average Bonchev–Trinajstić information content (AvgIpc) is 2.45. The monoisotopic (exact) mass is 302 g/mol. The second-order valence-corrected chi connectivity index (χ2v) is 5.54. The highest BCUT2D eigenvalue weighted by Crippen LogP contribution is 2.16. The van der Waals surface area contributed by atoms with Crippen molar-refractivity contribution in [2.45, 2.75) is 26.0 Å². The molecule has 7 heteroatoms. The molecule has 1 aromatic carbocycles. The van der Waals surface area contributed by atoms with Crippen molar-refractivity contribution in [2.24, 2.45) is 0 Å². The molecule has 1 heterocycles. The Labute approximate surface area is 123 Å². The first-order valence-corrected chi connectivity index (χ1v) is 7.14. The summed E-state index contributed by atoms with van der Waals surface area (Å²) in [4.78, 5) is 2.27. The highest BCUT2D eigenvalue weighted by atomic mass is 19.4. The van der Waals surface area contributed by atoms with Crippen molar-refractivity contribution in [2.75, 3.05) is 26.3 Å². The van der Waals surface area contributed by atoms with E-state index >= 15 is 0 Å². The maximum atomic E-state index is 12.7. The Morgan fingerprint density at radius 3 is 2.81 bits per heavy atom. The SMILES string of the molecule is CC(C)N1CCOC(COc2cccc([B-](F)(F)F)c2)C1. The smallest absolute Gasteiger partial charge is 0.491 e. The summed E-state index contributed by atoms with van der Waals surface area (Å²) in [6, 6.07) is 5.43. The van der Waals surface area contributed by atoms with Crippen molar-refractivity contribution in [3.8, 4) is 5.75 Å². The third kappa shape index (κ3) is 4.64. The van der Waals surface area contributed by atoms with Gasteiger partial charge in [-0.15, -0.1) is 5.46 Å². The summed E-state index contributed by atoms with van der Waals surface area (Å²) in [5, 5.41) is 0. The normalized spacial score (nSPS) is 20.8. The van der Waals surface area contributed by atoms with E-state index in [1.54, 1.807) is 0 Å². The van der Waals surface area contributed by atoms with Crippen LogP contribution >= 0.6 is 0 Å². The Bertz CT molecular complexity index is 468. The molecule has 0 N–H and O–H groups in total.